The summed E-state index contributed by atoms with van der Waals surface area (Å²) in [6, 6.07) is 9.18. The first-order valence-corrected chi connectivity index (χ1v) is 6.86. The van der Waals surface area contributed by atoms with Gasteiger partial charge in [-0.2, -0.15) is 0 Å². The molecule has 1 saturated carbocycles. The van der Waals surface area contributed by atoms with Crippen molar-refractivity contribution in [3.8, 4) is 0 Å². The molecule has 0 aromatic heterocycles. The molecule has 0 N–H and O–H groups in total. The Morgan fingerprint density at radius 1 is 1.00 bits per heavy atom. The first-order chi connectivity index (χ1) is 7.79. The minimum absolute atomic E-state index is 0. The van der Waals surface area contributed by atoms with Gasteiger partial charge in [0.2, 0.25) is 0 Å². The summed E-state index contributed by atoms with van der Waals surface area (Å²) in [6.45, 7) is 4.48. The van der Waals surface area contributed by atoms with Crippen LogP contribution in [0.3, 0.4) is 0 Å². The number of benzene rings is 1. The van der Waals surface area contributed by atoms with Crippen LogP contribution in [0.4, 0.5) is 0 Å². The zero-order valence-corrected chi connectivity index (χ0v) is 10.7. The van der Waals surface area contributed by atoms with Crippen molar-refractivity contribution >= 4 is 0 Å². The summed E-state index contributed by atoms with van der Waals surface area (Å²) in [5.74, 6) is 1.86. The minimum Gasteiger partial charge on any atom is -0.0776 e. The van der Waals surface area contributed by atoms with Crippen molar-refractivity contribution in [2.24, 2.45) is 5.92 Å². The largest absolute Gasteiger partial charge is 0.0776 e. The highest BCUT2D eigenvalue weighted by Crippen LogP contribution is 2.37. The monoisotopic (exact) mass is 232 g/mol. The molecule has 17 heavy (non-hydrogen) atoms. The summed E-state index contributed by atoms with van der Waals surface area (Å²) in [6.07, 6.45) is 8.53. The van der Waals surface area contributed by atoms with Crippen LogP contribution in [-0.2, 0) is 0 Å². The van der Waals surface area contributed by atoms with Gasteiger partial charge in [-0.1, -0.05) is 57.0 Å². The molecular weight excluding hydrogens is 204 g/mol. The van der Waals surface area contributed by atoms with Crippen LogP contribution in [0.1, 0.15) is 69.9 Å². The molecule has 1 aliphatic carbocycles. The van der Waals surface area contributed by atoms with Gasteiger partial charge in [-0.15, -0.1) is 0 Å². The quantitative estimate of drug-likeness (QED) is 0.626. The Morgan fingerprint density at radius 2 is 1.59 bits per heavy atom. The van der Waals surface area contributed by atoms with E-state index in [1.165, 1.54) is 44.1 Å². The predicted octanol–water partition coefficient (Wildman–Crippen LogP) is 5.71. The second-order valence-electron chi connectivity index (χ2n) is 5.42. The number of hydrogen-bond donors (Lipinski definition) is 0. The lowest BCUT2D eigenvalue weighted by molar-refractivity contribution is 0.308. The fraction of sp³-hybridized carbons (Fsp3) is 0.647. The fourth-order valence-electron chi connectivity index (χ4n) is 3.03. The lowest BCUT2D eigenvalue weighted by Gasteiger charge is -2.28. The van der Waals surface area contributed by atoms with E-state index >= 15 is 0 Å². The Kier molecular flexibility index (Phi) is 5.74. The van der Waals surface area contributed by atoms with E-state index in [-0.39, 0.29) is 7.43 Å². The molecule has 0 bridgehead atoms. The molecule has 1 aromatic carbocycles. The molecule has 2 rings (SSSR count). The van der Waals surface area contributed by atoms with E-state index in [0.29, 0.717) is 0 Å². The lowest BCUT2D eigenvalue weighted by atomic mass is 9.77. The zero-order valence-electron chi connectivity index (χ0n) is 10.7. The Hall–Kier alpha value is -0.780. The van der Waals surface area contributed by atoms with Crippen LogP contribution >= 0.6 is 0 Å². The van der Waals surface area contributed by atoms with E-state index in [0.717, 1.165) is 11.8 Å². The summed E-state index contributed by atoms with van der Waals surface area (Å²) in [7, 11) is 0. The Morgan fingerprint density at radius 3 is 2.12 bits per heavy atom. The molecule has 0 atom stereocenters. The van der Waals surface area contributed by atoms with E-state index in [1.54, 1.807) is 5.56 Å². The van der Waals surface area contributed by atoms with Gasteiger partial charge in [0, 0.05) is 0 Å². The van der Waals surface area contributed by atoms with Crippen LogP contribution in [0.2, 0.25) is 0 Å². The average Bonchev–Trinajstić information content (AvgIpc) is 2.32. The third-order valence-corrected chi connectivity index (χ3v) is 4.09. The molecule has 1 fully saturated rings. The predicted molar refractivity (Wildman–Crippen MR) is 77.5 cm³/mol. The van der Waals surface area contributed by atoms with Crippen LogP contribution in [0, 0.1) is 12.8 Å². The first kappa shape index (κ1) is 14.3. The van der Waals surface area contributed by atoms with Gasteiger partial charge < -0.3 is 0 Å². The van der Waals surface area contributed by atoms with E-state index in [1.807, 2.05) is 0 Å². The van der Waals surface area contributed by atoms with E-state index in [9.17, 15) is 0 Å². The maximum Gasteiger partial charge on any atom is -0.0162 e. The molecule has 0 saturated heterocycles. The highest BCUT2D eigenvalue weighted by Gasteiger charge is 2.21. The van der Waals surface area contributed by atoms with Gasteiger partial charge in [0.1, 0.15) is 0 Å². The first-order valence-electron chi connectivity index (χ1n) is 6.86. The molecule has 0 amide bonds. The van der Waals surface area contributed by atoms with Crippen molar-refractivity contribution in [3.05, 3.63) is 35.4 Å². The van der Waals surface area contributed by atoms with E-state index in [2.05, 4.69) is 38.1 Å². The van der Waals surface area contributed by atoms with Crippen molar-refractivity contribution in [1.29, 1.82) is 0 Å². The highest BCUT2D eigenvalue weighted by molar-refractivity contribution is 5.24. The maximum absolute atomic E-state index is 2.33. The standard InChI is InChI=1S/C16H24.CH4/c1-3-4-14-7-11-16(12-8-14)15-9-5-13(2)6-10-15;/h5-6,9-10,14,16H,3-4,7-8,11-12H2,1-2H3;1H4. The maximum atomic E-state index is 2.33. The average molecular weight is 232 g/mol. The normalized spacial score (nSPS) is 24.1. The van der Waals surface area contributed by atoms with Gasteiger partial charge in [-0.3, -0.25) is 0 Å². The Labute approximate surface area is 107 Å². The van der Waals surface area contributed by atoms with Gasteiger partial charge >= 0.3 is 0 Å². The molecule has 0 unspecified atom stereocenters. The molecule has 0 nitrogen and oxygen atoms in total. The molecule has 0 radical (unpaired) electrons. The zero-order chi connectivity index (χ0) is 11.4. The Balaban J connectivity index is 0.00000144. The SMILES string of the molecule is C.CCCC1CCC(c2ccc(C)cc2)CC1. The lowest BCUT2D eigenvalue weighted by Crippen LogP contribution is -2.13. The molecule has 0 heterocycles. The minimum atomic E-state index is 0. The van der Waals surface area contributed by atoms with Crippen molar-refractivity contribution in [2.45, 2.75) is 65.7 Å². The van der Waals surface area contributed by atoms with Crippen molar-refractivity contribution < 1.29 is 0 Å². The number of hydrogen-bond acceptors (Lipinski definition) is 0. The van der Waals surface area contributed by atoms with Crippen molar-refractivity contribution in [2.75, 3.05) is 0 Å². The molecule has 1 aliphatic rings. The third kappa shape index (κ3) is 3.87. The Bertz CT molecular complexity index is 301. The van der Waals surface area contributed by atoms with E-state index < -0.39 is 0 Å². The van der Waals surface area contributed by atoms with Crippen LogP contribution in [0.25, 0.3) is 0 Å². The van der Waals surface area contributed by atoms with Gasteiger partial charge in [0.05, 0.1) is 0 Å². The smallest absolute Gasteiger partial charge is 0.0162 e. The molecule has 0 heteroatoms. The van der Waals surface area contributed by atoms with Crippen LogP contribution in [0.15, 0.2) is 24.3 Å². The third-order valence-electron chi connectivity index (χ3n) is 4.09. The van der Waals surface area contributed by atoms with Crippen LogP contribution in [0.5, 0.6) is 0 Å². The summed E-state index contributed by atoms with van der Waals surface area (Å²) >= 11 is 0. The fourth-order valence-corrected chi connectivity index (χ4v) is 3.03. The molecule has 0 spiro atoms. The van der Waals surface area contributed by atoms with Crippen LogP contribution in [-0.4, -0.2) is 0 Å². The summed E-state index contributed by atoms with van der Waals surface area (Å²) in [5, 5.41) is 0. The summed E-state index contributed by atoms with van der Waals surface area (Å²) in [4.78, 5) is 0. The topological polar surface area (TPSA) is 0 Å². The van der Waals surface area contributed by atoms with Gasteiger partial charge in [-0.25, -0.2) is 0 Å². The van der Waals surface area contributed by atoms with Crippen molar-refractivity contribution in [1.82, 2.24) is 0 Å². The molecular formula is C17H28. The number of aryl methyl sites for hydroxylation is 1. The van der Waals surface area contributed by atoms with Crippen molar-refractivity contribution in [3.63, 3.8) is 0 Å². The van der Waals surface area contributed by atoms with Gasteiger partial charge in [-0.05, 0) is 50.0 Å². The van der Waals surface area contributed by atoms with Gasteiger partial charge in [0.15, 0.2) is 0 Å². The highest BCUT2D eigenvalue weighted by atomic mass is 14.3. The second-order valence-corrected chi connectivity index (χ2v) is 5.42. The molecule has 96 valence electrons. The number of rotatable bonds is 3. The van der Waals surface area contributed by atoms with Gasteiger partial charge in [0.25, 0.3) is 0 Å². The molecule has 0 aliphatic heterocycles. The molecule has 1 aromatic rings. The summed E-state index contributed by atoms with van der Waals surface area (Å²) < 4.78 is 0. The van der Waals surface area contributed by atoms with E-state index in [4.69, 9.17) is 0 Å². The summed E-state index contributed by atoms with van der Waals surface area (Å²) in [5.41, 5.74) is 2.95. The van der Waals surface area contributed by atoms with Crippen LogP contribution < -0.4 is 0 Å². The second kappa shape index (κ2) is 6.83.